The Kier molecular flexibility index (Phi) is 27.8. The van der Waals surface area contributed by atoms with Gasteiger partial charge in [0.25, 0.3) is 7.82 Å². The molecular formula is C15H37ClN3O6PS2. The van der Waals surface area contributed by atoms with Gasteiger partial charge in [-0.3, -0.25) is 4.57 Å². The highest BCUT2D eigenvalue weighted by Gasteiger charge is 2.13. The molecule has 0 fully saturated rings. The van der Waals surface area contributed by atoms with E-state index in [9.17, 15) is 14.3 Å². The van der Waals surface area contributed by atoms with Crippen molar-refractivity contribution in [2.75, 3.05) is 72.1 Å². The van der Waals surface area contributed by atoms with E-state index in [4.69, 9.17) is 11.5 Å². The van der Waals surface area contributed by atoms with Crippen molar-refractivity contribution in [3.8, 4) is 0 Å². The van der Waals surface area contributed by atoms with E-state index in [1.807, 2.05) is 21.1 Å². The van der Waals surface area contributed by atoms with E-state index in [1.165, 1.54) is 6.92 Å². The maximum Gasteiger partial charge on any atom is 0.333 e. The molecule has 0 saturated carbocycles. The van der Waals surface area contributed by atoms with Gasteiger partial charge in [0.15, 0.2) is 0 Å². The Labute approximate surface area is 186 Å². The average molecular weight is 486 g/mol. The van der Waals surface area contributed by atoms with Crippen LogP contribution in [0.4, 0.5) is 0 Å². The van der Waals surface area contributed by atoms with Crippen molar-refractivity contribution in [2.45, 2.75) is 6.92 Å². The van der Waals surface area contributed by atoms with E-state index >= 15 is 0 Å². The number of phosphoric acid groups is 1. The number of hydrogen-bond acceptors (Lipinski definition) is 10. The van der Waals surface area contributed by atoms with E-state index in [2.05, 4.69) is 45.6 Å². The van der Waals surface area contributed by atoms with Crippen LogP contribution in [0.2, 0.25) is 0 Å². The van der Waals surface area contributed by atoms with Gasteiger partial charge in [-0.1, -0.05) is 6.58 Å². The third-order valence-corrected chi connectivity index (χ3v) is 3.70. The van der Waals surface area contributed by atoms with Crippen molar-refractivity contribution in [1.29, 1.82) is 0 Å². The molecule has 0 aliphatic rings. The summed E-state index contributed by atoms with van der Waals surface area (Å²) in [5, 5.41) is 0. The Morgan fingerprint density at radius 2 is 1.46 bits per heavy atom. The molecule has 0 aliphatic carbocycles. The van der Waals surface area contributed by atoms with Gasteiger partial charge < -0.3 is 34.6 Å². The maximum absolute atomic E-state index is 11.3. The second-order valence-corrected chi connectivity index (χ2v) is 8.37. The van der Waals surface area contributed by atoms with Crippen molar-refractivity contribution in [1.82, 2.24) is 0 Å². The number of rotatable bonds is 11. The van der Waals surface area contributed by atoms with Crippen LogP contribution in [-0.4, -0.2) is 82.6 Å². The molecule has 0 amide bonds. The first kappa shape index (κ1) is 35.6. The summed E-state index contributed by atoms with van der Waals surface area (Å²) in [6.07, 6.45) is 0. The van der Waals surface area contributed by atoms with Gasteiger partial charge in [-0.2, -0.15) is 25.3 Å². The molecule has 9 nitrogen and oxygen atoms in total. The number of thiol groups is 2. The Bertz CT molecular complexity index is 434. The second kappa shape index (κ2) is 21.9. The molecule has 28 heavy (non-hydrogen) atoms. The standard InChI is InChI=1S/C11H22NO6P.2C2H7NS.ClH/c1-10(2)11(13)16-8-9-18-19(14,15)17-7-6-12(3,4)5;2*3-1-2-4;/h1,6-9H2,2-5H3;2*4H,1-3H2;1H. The van der Waals surface area contributed by atoms with Crippen molar-refractivity contribution < 1.29 is 32.5 Å². The highest BCUT2D eigenvalue weighted by molar-refractivity contribution is 7.80. The predicted octanol–water partition coefficient (Wildman–Crippen LogP) is 0.485. The molecule has 1 atom stereocenters. The molecule has 1 unspecified atom stereocenters. The molecule has 0 aromatic rings. The number of esters is 1. The number of phosphoric ester groups is 1. The first-order valence-corrected chi connectivity index (χ1v) is 10.9. The SMILES string of the molecule is C=C(C)C(=O)OCCOP(=O)([O-])OCC[N+](C)(C)C.Cl.NCCS.NCCS. The zero-order chi connectivity index (χ0) is 21.9. The van der Waals surface area contributed by atoms with E-state index in [0.717, 1.165) is 11.5 Å². The zero-order valence-electron chi connectivity index (χ0n) is 17.2. The number of ether oxygens (including phenoxy) is 1. The van der Waals surface area contributed by atoms with Gasteiger partial charge in [0.05, 0.1) is 27.7 Å². The zero-order valence-corrected chi connectivity index (χ0v) is 20.7. The average Bonchev–Trinajstić information content (AvgIpc) is 2.57. The number of halogens is 1. The number of quaternary nitrogens is 1. The van der Waals surface area contributed by atoms with Gasteiger partial charge in [-0.25, -0.2) is 4.79 Å². The smallest absolute Gasteiger partial charge is 0.333 e. The van der Waals surface area contributed by atoms with Crippen LogP contribution in [0.5, 0.6) is 0 Å². The van der Waals surface area contributed by atoms with Crippen LogP contribution in [0.15, 0.2) is 12.2 Å². The third kappa shape index (κ3) is 33.8. The van der Waals surface area contributed by atoms with Gasteiger partial charge in [0.2, 0.25) is 0 Å². The summed E-state index contributed by atoms with van der Waals surface area (Å²) in [6, 6.07) is 0. The number of carbonyl (C=O) groups is 1. The summed E-state index contributed by atoms with van der Waals surface area (Å²) < 4.78 is 25.8. The predicted molar refractivity (Wildman–Crippen MR) is 121 cm³/mol. The molecular weight excluding hydrogens is 449 g/mol. The minimum absolute atomic E-state index is 0. The fourth-order valence-corrected chi connectivity index (χ4v) is 1.55. The van der Waals surface area contributed by atoms with Crippen LogP contribution in [-0.2, 0) is 23.1 Å². The van der Waals surface area contributed by atoms with Gasteiger partial charge in [-0.05, 0) is 6.92 Å². The van der Waals surface area contributed by atoms with E-state index in [0.29, 0.717) is 24.1 Å². The molecule has 0 radical (unpaired) electrons. The lowest BCUT2D eigenvalue weighted by molar-refractivity contribution is -0.870. The summed E-state index contributed by atoms with van der Waals surface area (Å²) in [5.74, 6) is 0.996. The molecule has 0 rings (SSSR count). The quantitative estimate of drug-likeness (QED) is 0.0828. The molecule has 0 aliphatic heterocycles. The topological polar surface area (TPSA) is 137 Å². The van der Waals surface area contributed by atoms with E-state index < -0.39 is 13.8 Å². The molecule has 0 aromatic carbocycles. The highest BCUT2D eigenvalue weighted by Crippen LogP contribution is 2.37. The monoisotopic (exact) mass is 485 g/mol. The number of carbonyl (C=O) groups excluding carboxylic acids is 1. The first-order chi connectivity index (χ1) is 12.4. The van der Waals surface area contributed by atoms with Crippen LogP contribution in [0, 0.1) is 0 Å². The van der Waals surface area contributed by atoms with Gasteiger partial charge in [-0.15, -0.1) is 12.4 Å². The summed E-state index contributed by atoms with van der Waals surface area (Å²) in [5.41, 5.74) is 10.1. The van der Waals surface area contributed by atoms with E-state index in [-0.39, 0.29) is 37.8 Å². The normalized spacial score (nSPS) is 12.2. The molecule has 0 spiro atoms. The van der Waals surface area contributed by atoms with Crippen LogP contribution < -0.4 is 16.4 Å². The molecule has 0 aromatic heterocycles. The minimum Gasteiger partial charge on any atom is -0.756 e. The Morgan fingerprint density at radius 1 is 1.07 bits per heavy atom. The highest BCUT2D eigenvalue weighted by atomic mass is 35.5. The molecule has 172 valence electrons. The Balaban J connectivity index is -0.000000270. The van der Waals surface area contributed by atoms with Gasteiger partial charge >= 0.3 is 5.97 Å². The molecule has 0 heterocycles. The first-order valence-electron chi connectivity index (χ1n) is 8.21. The van der Waals surface area contributed by atoms with Crippen molar-refractivity contribution in [3.63, 3.8) is 0 Å². The van der Waals surface area contributed by atoms with Gasteiger partial charge in [0.1, 0.15) is 19.8 Å². The van der Waals surface area contributed by atoms with Gasteiger partial charge in [0, 0.05) is 30.2 Å². The summed E-state index contributed by atoms with van der Waals surface area (Å²) in [4.78, 5) is 22.3. The summed E-state index contributed by atoms with van der Waals surface area (Å²) in [7, 11) is 1.41. The molecule has 13 heteroatoms. The van der Waals surface area contributed by atoms with Crippen LogP contribution in [0.25, 0.3) is 0 Å². The minimum atomic E-state index is -4.34. The fourth-order valence-electron chi connectivity index (χ4n) is 0.870. The van der Waals surface area contributed by atoms with Crippen LogP contribution in [0.1, 0.15) is 6.92 Å². The lowest BCUT2D eigenvalue weighted by Crippen LogP contribution is -2.37. The molecule has 0 bridgehead atoms. The lowest BCUT2D eigenvalue weighted by Gasteiger charge is -2.27. The summed E-state index contributed by atoms with van der Waals surface area (Å²) >= 11 is 7.59. The van der Waals surface area contributed by atoms with Crippen molar-refractivity contribution in [3.05, 3.63) is 12.2 Å². The number of nitrogens with zero attached hydrogens (tertiary/aromatic N) is 1. The maximum atomic E-state index is 11.3. The summed E-state index contributed by atoms with van der Waals surface area (Å²) in [6.45, 7) is 6.37. The largest absolute Gasteiger partial charge is 0.756 e. The molecule has 0 saturated heterocycles. The van der Waals surface area contributed by atoms with Crippen LogP contribution >= 0.6 is 45.5 Å². The fraction of sp³-hybridized carbons (Fsp3) is 0.800. The van der Waals surface area contributed by atoms with E-state index in [1.54, 1.807) is 0 Å². The molecule has 4 N–H and O–H groups in total. The lowest BCUT2D eigenvalue weighted by atomic mass is 10.4. The van der Waals surface area contributed by atoms with Crippen molar-refractivity contribution >= 4 is 51.5 Å². The third-order valence-electron chi connectivity index (χ3n) is 2.18. The Hall–Kier alpha value is 0.190. The number of nitrogens with two attached hydrogens (primary N) is 2. The van der Waals surface area contributed by atoms with Crippen LogP contribution in [0.3, 0.4) is 0 Å². The van der Waals surface area contributed by atoms with Crippen molar-refractivity contribution in [2.24, 2.45) is 11.5 Å². The second-order valence-electron chi connectivity index (χ2n) is 6.07. The Morgan fingerprint density at radius 3 is 1.79 bits per heavy atom. The number of hydrogen-bond donors (Lipinski definition) is 4. The number of likely N-dealkylation sites (N-methyl/N-ethyl adjacent to an activating group) is 1.